The fourth-order valence-electron chi connectivity index (χ4n) is 2.75. The van der Waals surface area contributed by atoms with Gasteiger partial charge in [-0.05, 0) is 42.5 Å². The summed E-state index contributed by atoms with van der Waals surface area (Å²) in [5.74, 6) is -0.306. The molecule has 0 bridgehead atoms. The van der Waals surface area contributed by atoms with Crippen molar-refractivity contribution in [3.05, 3.63) is 95.0 Å². The van der Waals surface area contributed by atoms with Gasteiger partial charge in [0, 0.05) is 10.9 Å². The molecule has 0 fully saturated rings. The van der Waals surface area contributed by atoms with Crippen molar-refractivity contribution in [3.63, 3.8) is 0 Å². The molecule has 0 aliphatic carbocycles. The highest BCUT2D eigenvalue weighted by Gasteiger charge is 2.13. The number of fused-ring (bicyclic) bond motifs is 1. The van der Waals surface area contributed by atoms with E-state index in [1.54, 1.807) is 18.2 Å². The zero-order valence-electron chi connectivity index (χ0n) is 12.7. The first-order valence-corrected chi connectivity index (χ1v) is 7.57. The molecule has 0 radical (unpaired) electrons. The van der Waals surface area contributed by atoms with Crippen LogP contribution >= 0.6 is 0 Å². The van der Waals surface area contributed by atoms with Gasteiger partial charge < -0.3 is 0 Å². The molecule has 4 rings (SSSR count). The van der Waals surface area contributed by atoms with Gasteiger partial charge in [-0.15, -0.1) is 0 Å². The van der Waals surface area contributed by atoms with E-state index in [1.807, 2.05) is 48.5 Å². The minimum atomic E-state index is -0.306. The first kappa shape index (κ1) is 14.3. The second-order valence-corrected chi connectivity index (χ2v) is 5.45. The van der Waals surface area contributed by atoms with E-state index in [4.69, 9.17) is 0 Å². The average Bonchev–Trinajstić information content (AvgIpc) is 2.64. The predicted molar refractivity (Wildman–Crippen MR) is 92.7 cm³/mol. The number of benzene rings is 3. The van der Waals surface area contributed by atoms with Crippen molar-refractivity contribution in [3.8, 4) is 16.9 Å². The molecule has 0 N–H and O–H groups in total. The Balaban J connectivity index is 2.08. The Morgan fingerprint density at radius 3 is 2.08 bits per heavy atom. The summed E-state index contributed by atoms with van der Waals surface area (Å²) in [5, 5.41) is 5.88. The Bertz CT molecular complexity index is 1070. The summed E-state index contributed by atoms with van der Waals surface area (Å²) in [4.78, 5) is 12.8. The van der Waals surface area contributed by atoms with Crippen LogP contribution in [0.25, 0.3) is 27.7 Å². The number of hydrogen-bond acceptors (Lipinski definition) is 2. The van der Waals surface area contributed by atoms with Gasteiger partial charge >= 0.3 is 0 Å². The lowest BCUT2D eigenvalue weighted by atomic mass is 10.0. The lowest BCUT2D eigenvalue weighted by Crippen LogP contribution is -2.22. The molecule has 0 aliphatic heterocycles. The SMILES string of the molecule is O=c1c2ccccc2c(-c2ccc(F)cc2)nn1-c1ccccc1. The topological polar surface area (TPSA) is 34.9 Å². The fourth-order valence-corrected chi connectivity index (χ4v) is 2.75. The van der Waals surface area contributed by atoms with E-state index in [1.165, 1.54) is 16.8 Å². The highest BCUT2D eigenvalue weighted by molar-refractivity contribution is 5.93. The maximum Gasteiger partial charge on any atom is 0.279 e. The van der Waals surface area contributed by atoms with Crippen LogP contribution in [0.15, 0.2) is 83.7 Å². The minimum absolute atomic E-state index is 0.178. The van der Waals surface area contributed by atoms with Gasteiger partial charge in [0.25, 0.3) is 5.56 Å². The lowest BCUT2D eigenvalue weighted by Gasteiger charge is -2.11. The summed E-state index contributed by atoms with van der Waals surface area (Å²) in [5.41, 5.74) is 1.92. The molecule has 0 atom stereocenters. The second-order valence-electron chi connectivity index (χ2n) is 5.45. The van der Waals surface area contributed by atoms with Crippen LogP contribution in [0.3, 0.4) is 0 Å². The van der Waals surface area contributed by atoms with Crippen LogP contribution in [0.5, 0.6) is 0 Å². The normalized spacial score (nSPS) is 10.9. The van der Waals surface area contributed by atoms with Crippen LogP contribution in [0.4, 0.5) is 4.39 Å². The zero-order chi connectivity index (χ0) is 16.5. The van der Waals surface area contributed by atoms with Crippen molar-refractivity contribution < 1.29 is 4.39 Å². The van der Waals surface area contributed by atoms with Gasteiger partial charge in [-0.2, -0.15) is 9.78 Å². The van der Waals surface area contributed by atoms with Crippen LogP contribution in [0, 0.1) is 5.82 Å². The third kappa shape index (κ3) is 2.38. The molecule has 4 aromatic rings. The molecule has 0 aliphatic rings. The van der Waals surface area contributed by atoms with E-state index in [2.05, 4.69) is 5.10 Å². The van der Waals surface area contributed by atoms with Crippen LogP contribution in [0.2, 0.25) is 0 Å². The highest BCUT2D eigenvalue weighted by atomic mass is 19.1. The van der Waals surface area contributed by atoms with Gasteiger partial charge in [-0.3, -0.25) is 4.79 Å². The average molecular weight is 316 g/mol. The highest BCUT2D eigenvalue weighted by Crippen LogP contribution is 2.25. The summed E-state index contributed by atoms with van der Waals surface area (Å²) < 4.78 is 14.6. The van der Waals surface area contributed by atoms with Crippen molar-refractivity contribution in [2.24, 2.45) is 0 Å². The molecule has 0 saturated carbocycles. The first-order chi connectivity index (χ1) is 11.7. The van der Waals surface area contributed by atoms with Crippen LogP contribution < -0.4 is 5.56 Å². The number of para-hydroxylation sites is 1. The van der Waals surface area contributed by atoms with Crippen LogP contribution in [-0.2, 0) is 0 Å². The molecular weight excluding hydrogens is 303 g/mol. The molecule has 24 heavy (non-hydrogen) atoms. The second kappa shape index (κ2) is 5.74. The largest absolute Gasteiger partial charge is 0.279 e. The Kier molecular flexibility index (Phi) is 3.43. The molecule has 4 heteroatoms. The van der Waals surface area contributed by atoms with Gasteiger partial charge in [0.15, 0.2) is 0 Å². The number of hydrogen-bond donors (Lipinski definition) is 0. The van der Waals surface area contributed by atoms with Gasteiger partial charge in [0.2, 0.25) is 0 Å². The van der Waals surface area contributed by atoms with Crippen LogP contribution in [0.1, 0.15) is 0 Å². The molecule has 116 valence electrons. The Morgan fingerprint density at radius 2 is 1.38 bits per heavy atom. The Hall–Kier alpha value is -3.27. The van der Waals surface area contributed by atoms with Crippen molar-refractivity contribution in [1.82, 2.24) is 9.78 Å². The molecular formula is C20H13FN2O. The molecule has 0 saturated heterocycles. The Morgan fingerprint density at radius 1 is 0.750 bits per heavy atom. The first-order valence-electron chi connectivity index (χ1n) is 7.57. The number of nitrogens with zero attached hydrogens (tertiary/aromatic N) is 2. The van der Waals surface area contributed by atoms with E-state index in [0.717, 1.165) is 10.9 Å². The third-order valence-electron chi connectivity index (χ3n) is 3.92. The van der Waals surface area contributed by atoms with E-state index in [-0.39, 0.29) is 11.4 Å². The van der Waals surface area contributed by atoms with E-state index >= 15 is 0 Å². The minimum Gasteiger partial charge on any atom is -0.267 e. The maximum absolute atomic E-state index is 13.2. The number of rotatable bonds is 2. The molecule has 3 nitrogen and oxygen atoms in total. The van der Waals surface area contributed by atoms with Crippen LogP contribution in [-0.4, -0.2) is 9.78 Å². The summed E-state index contributed by atoms with van der Waals surface area (Å²) in [7, 11) is 0. The van der Waals surface area contributed by atoms with Crippen molar-refractivity contribution in [1.29, 1.82) is 0 Å². The van der Waals surface area contributed by atoms with Crippen molar-refractivity contribution in [2.75, 3.05) is 0 Å². The number of halogens is 1. The van der Waals surface area contributed by atoms with Gasteiger partial charge in [0.05, 0.1) is 16.8 Å². The lowest BCUT2D eigenvalue weighted by molar-refractivity contribution is 0.628. The molecule has 3 aromatic carbocycles. The van der Waals surface area contributed by atoms with Crippen molar-refractivity contribution in [2.45, 2.75) is 0 Å². The standard InChI is InChI=1S/C20H13FN2O/c21-15-12-10-14(11-13-15)19-17-8-4-5-9-18(17)20(24)23(22-19)16-6-2-1-3-7-16/h1-13H. The molecule has 0 spiro atoms. The fraction of sp³-hybridized carbons (Fsp3) is 0. The summed E-state index contributed by atoms with van der Waals surface area (Å²) in [6, 6.07) is 22.7. The molecule has 1 aromatic heterocycles. The van der Waals surface area contributed by atoms with Gasteiger partial charge in [-0.1, -0.05) is 36.4 Å². The van der Waals surface area contributed by atoms with E-state index in [0.29, 0.717) is 16.8 Å². The van der Waals surface area contributed by atoms with Gasteiger partial charge in [-0.25, -0.2) is 4.39 Å². The summed E-state index contributed by atoms with van der Waals surface area (Å²) in [6.45, 7) is 0. The molecule has 1 heterocycles. The monoisotopic (exact) mass is 316 g/mol. The third-order valence-corrected chi connectivity index (χ3v) is 3.92. The predicted octanol–water partition coefficient (Wildman–Crippen LogP) is 4.19. The zero-order valence-corrected chi connectivity index (χ0v) is 12.7. The van der Waals surface area contributed by atoms with E-state index in [9.17, 15) is 9.18 Å². The molecule has 0 unspecified atom stereocenters. The van der Waals surface area contributed by atoms with Gasteiger partial charge in [0.1, 0.15) is 5.82 Å². The van der Waals surface area contributed by atoms with Crippen molar-refractivity contribution >= 4 is 10.8 Å². The quantitative estimate of drug-likeness (QED) is 0.556. The maximum atomic E-state index is 13.2. The van der Waals surface area contributed by atoms with E-state index < -0.39 is 0 Å². The molecule has 0 amide bonds. The summed E-state index contributed by atoms with van der Waals surface area (Å²) in [6.07, 6.45) is 0. The smallest absolute Gasteiger partial charge is 0.267 e. The Labute approximate surface area is 137 Å². The number of aromatic nitrogens is 2. The summed E-state index contributed by atoms with van der Waals surface area (Å²) >= 11 is 0.